The Morgan fingerprint density at radius 2 is 2.00 bits per heavy atom. The average Bonchev–Trinajstić information content (AvgIpc) is 2.64. The van der Waals surface area contributed by atoms with Crippen LogP contribution in [0.2, 0.25) is 0 Å². The molecule has 1 heterocycles. The first-order valence-electron chi connectivity index (χ1n) is 6.43. The second-order valence-electron chi connectivity index (χ2n) is 4.57. The summed E-state index contributed by atoms with van der Waals surface area (Å²) in [6.07, 6.45) is 0. The van der Waals surface area contributed by atoms with Gasteiger partial charge in [0, 0.05) is 18.0 Å². The van der Waals surface area contributed by atoms with E-state index in [1.807, 2.05) is 20.9 Å². The van der Waals surface area contributed by atoms with Crippen molar-refractivity contribution in [2.45, 2.75) is 20.8 Å². The molecule has 0 atom stereocenters. The van der Waals surface area contributed by atoms with Crippen LogP contribution in [0.15, 0.2) is 0 Å². The normalized spacial score (nSPS) is 10.7. The van der Waals surface area contributed by atoms with Gasteiger partial charge in [-0.25, -0.2) is 9.59 Å². The van der Waals surface area contributed by atoms with E-state index in [0.717, 1.165) is 18.0 Å². The molecule has 1 aromatic rings. The number of carboxylic acids is 1. The van der Waals surface area contributed by atoms with E-state index in [2.05, 4.69) is 15.5 Å². The van der Waals surface area contributed by atoms with Gasteiger partial charge in [-0.1, -0.05) is 6.92 Å². The van der Waals surface area contributed by atoms with Gasteiger partial charge in [-0.15, -0.1) is 11.3 Å². The van der Waals surface area contributed by atoms with Crippen molar-refractivity contribution in [3.8, 4) is 0 Å². The van der Waals surface area contributed by atoms with Crippen molar-refractivity contribution in [3.05, 3.63) is 16.0 Å². The van der Waals surface area contributed by atoms with E-state index < -0.39 is 5.97 Å². The van der Waals surface area contributed by atoms with Crippen molar-refractivity contribution in [1.82, 2.24) is 10.2 Å². The van der Waals surface area contributed by atoms with Crippen LogP contribution in [0.25, 0.3) is 0 Å². The van der Waals surface area contributed by atoms with E-state index in [0.29, 0.717) is 17.1 Å². The van der Waals surface area contributed by atoms with Crippen molar-refractivity contribution < 1.29 is 14.7 Å². The van der Waals surface area contributed by atoms with Crippen LogP contribution in [0.3, 0.4) is 0 Å². The Morgan fingerprint density at radius 1 is 1.35 bits per heavy atom. The summed E-state index contributed by atoms with van der Waals surface area (Å²) in [7, 11) is 1.97. The molecule has 112 valence electrons. The van der Waals surface area contributed by atoms with E-state index in [4.69, 9.17) is 0 Å². The number of hydrogen-bond donors (Lipinski definition) is 3. The molecule has 0 radical (unpaired) electrons. The van der Waals surface area contributed by atoms with Gasteiger partial charge in [-0.2, -0.15) is 0 Å². The number of likely N-dealkylation sites (N-methyl/N-ethyl adjacent to an activating group) is 1. The van der Waals surface area contributed by atoms with Gasteiger partial charge in [0.25, 0.3) is 0 Å². The van der Waals surface area contributed by atoms with Crippen molar-refractivity contribution in [1.29, 1.82) is 0 Å². The lowest BCUT2D eigenvalue weighted by Crippen LogP contribution is -2.35. The van der Waals surface area contributed by atoms with Gasteiger partial charge < -0.3 is 15.3 Å². The summed E-state index contributed by atoms with van der Waals surface area (Å²) in [6, 6.07) is -0.377. The van der Waals surface area contributed by atoms with Gasteiger partial charge in [0.1, 0.15) is 5.00 Å². The molecular formula is C13H21N3O3S. The number of hydrogen-bond acceptors (Lipinski definition) is 4. The largest absolute Gasteiger partial charge is 0.478 e. The molecule has 6 nitrogen and oxygen atoms in total. The summed E-state index contributed by atoms with van der Waals surface area (Å²) in [6.45, 7) is 7.80. The monoisotopic (exact) mass is 299 g/mol. The minimum Gasteiger partial charge on any atom is -0.478 e. The number of thiophene rings is 1. The summed E-state index contributed by atoms with van der Waals surface area (Å²) >= 11 is 1.28. The Balaban J connectivity index is 2.62. The summed E-state index contributed by atoms with van der Waals surface area (Å²) in [5, 5.41) is 14.9. The highest BCUT2D eigenvalue weighted by atomic mass is 32.1. The molecule has 7 heteroatoms. The molecule has 0 aliphatic rings. The number of carboxylic acid groups (broad SMARTS) is 1. The van der Waals surface area contributed by atoms with Crippen LogP contribution in [0.1, 0.15) is 27.7 Å². The summed E-state index contributed by atoms with van der Waals surface area (Å²) in [5.74, 6) is -1.02. The molecule has 20 heavy (non-hydrogen) atoms. The molecule has 0 bridgehead atoms. The van der Waals surface area contributed by atoms with E-state index in [-0.39, 0.29) is 11.6 Å². The lowest BCUT2D eigenvalue weighted by molar-refractivity contribution is 0.0697. The van der Waals surface area contributed by atoms with Crippen LogP contribution in [0.5, 0.6) is 0 Å². The van der Waals surface area contributed by atoms with Crippen LogP contribution in [0.4, 0.5) is 9.80 Å². The molecule has 0 aliphatic heterocycles. The lowest BCUT2D eigenvalue weighted by Gasteiger charge is -2.14. The molecule has 0 saturated carbocycles. The fourth-order valence-electron chi connectivity index (χ4n) is 1.64. The molecular weight excluding hydrogens is 278 g/mol. The Labute approximate surface area is 122 Å². The van der Waals surface area contributed by atoms with Crippen molar-refractivity contribution >= 4 is 28.3 Å². The number of nitrogens with one attached hydrogen (secondary N) is 2. The predicted octanol–water partition coefficient (Wildman–Crippen LogP) is 2.14. The molecule has 0 fully saturated rings. The molecule has 1 rings (SSSR count). The van der Waals surface area contributed by atoms with Gasteiger partial charge in [-0.05, 0) is 33.0 Å². The first-order chi connectivity index (χ1) is 9.36. The number of carbonyl (C=O) groups excluding carboxylic acids is 1. The van der Waals surface area contributed by atoms with Crippen molar-refractivity contribution in [2.75, 3.05) is 32.0 Å². The van der Waals surface area contributed by atoms with Gasteiger partial charge in [-0.3, -0.25) is 5.32 Å². The number of aryl methyl sites for hydroxylation is 1. The predicted molar refractivity (Wildman–Crippen MR) is 80.9 cm³/mol. The minimum absolute atomic E-state index is 0.174. The zero-order chi connectivity index (χ0) is 15.3. The zero-order valence-corrected chi connectivity index (χ0v) is 13.1. The minimum atomic E-state index is -1.02. The van der Waals surface area contributed by atoms with Crippen LogP contribution in [0, 0.1) is 13.8 Å². The van der Waals surface area contributed by atoms with Crippen LogP contribution in [-0.4, -0.2) is 48.7 Å². The Hall–Kier alpha value is -1.60. The van der Waals surface area contributed by atoms with E-state index >= 15 is 0 Å². The number of nitrogens with zero attached hydrogens (tertiary/aromatic N) is 1. The second kappa shape index (κ2) is 7.25. The van der Waals surface area contributed by atoms with E-state index in [1.165, 1.54) is 11.3 Å². The quantitative estimate of drug-likeness (QED) is 0.751. The summed E-state index contributed by atoms with van der Waals surface area (Å²) in [4.78, 5) is 25.9. The number of rotatable bonds is 6. The third-order valence-electron chi connectivity index (χ3n) is 3.15. The molecule has 2 amide bonds. The Bertz CT molecular complexity index is 499. The Morgan fingerprint density at radius 3 is 2.55 bits per heavy atom. The third-order valence-corrected chi connectivity index (χ3v) is 4.27. The number of carbonyl (C=O) groups is 2. The second-order valence-corrected chi connectivity index (χ2v) is 5.79. The maximum atomic E-state index is 11.8. The lowest BCUT2D eigenvalue weighted by atomic mass is 10.1. The van der Waals surface area contributed by atoms with Gasteiger partial charge >= 0.3 is 12.0 Å². The van der Waals surface area contributed by atoms with Gasteiger partial charge in [0.2, 0.25) is 0 Å². The molecule has 0 aromatic carbocycles. The Kier molecular flexibility index (Phi) is 5.97. The number of amides is 2. The number of urea groups is 1. The molecule has 0 unspecified atom stereocenters. The highest BCUT2D eigenvalue weighted by molar-refractivity contribution is 7.16. The molecule has 0 spiro atoms. The molecule has 1 aromatic heterocycles. The highest BCUT2D eigenvalue weighted by Crippen LogP contribution is 2.32. The standard InChI is InChI=1S/C13H21N3O3S/c1-5-16(4)7-6-14-13(19)15-11-10(12(17)18)8(2)9(3)20-11/h5-7H2,1-4H3,(H,17,18)(H2,14,15,19). The maximum Gasteiger partial charge on any atom is 0.338 e. The van der Waals surface area contributed by atoms with Crippen LogP contribution >= 0.6 is 11.3 Å². The number of anilines is 1. The average molecular weight is 299 g/mol. The first-order valence-corrected chi connectivity index (χ1v) is 7.25. The smallest absolute Gasteiger partial charge is 0.338 e. The zero-order valence-electron chi connectivity index (χ0n) is 12.2. The highest BCUT2D eigenvalue weighted by Gasteiger charge is 2.20. The molecule has 3 N–H and O–H groups in total. The third kappa shape index (κ3) is 4.21. The van der Waals surface area contributed by atoms with Crippen LogP contribution in [-0.2, 0) is 0 Å². The summed E-state index contributed by atoms with van der Waals surface area (Å²) < 4.78 is 0. The first kappa shape index (κ1) is 16.5. The fourth-order valence-corrected chi connectivity index (χ4v) is 2.69. The fraction of sp³-hybridized carbons (Fsp3) is 0.538. The molecule has 0 saturated heterocycles. The van der Waals surface area contributed by atoms with E-state index in [9.17, 15) is 14.7 Å². The number of aromatic carboxylic acids is 1. The van der Waals surface area contributed by atoms with Crippen molar-refractivity contribution in [3.63, 3.8) is 0 Å². The maximum absolute atomic E-state index is 11.8. The van der Waals surface area contributed by atoms with Gasteiger partial charge in [0.15, 0.2) is 0 Å². The summed E-state index contributed by atoms with van der Waals surface area (Å²) in [5.41, 5.74) is 0.872. The molecule has 0 aliphatic carbocycles. The van der Waals surface area contributed by atoms with Crippen LogP contribution < -0.4 is 10.6 Å². The topological polar surface area (TPSA) is 81.7 Å². The van der Waals surface area contributed by atoms with Gasteiger partial charge in [0.05, 0.1) is 5.56 Å². The van der Waals surface area contributed by atoms with E-state index in [1.54, 1.807) is 6.92 Å². The van der Waals surface area contributed by atoms with Crippen molar-refractivity contribution in [2.24, 2.45) is 0 Å². The SMILES string of the molecule is CCN(C)CCNC(=O)Nc1sc(C)c(C)c1C(=O)O.